The molecule has 0 saturated heterocycles. The van der Waals surface area contributed by atoms with E-state index in [0.717, 1.165) is 35.9 Å². The van der Waals surface area contributed by atoms with Crippen LogP contribution in [0.5, 0.6) is 0 Å². The smallest absolute Gasteiger partial charge is 0.263 e. The second-order valence-corrected chi connectivity index (χ2v) is 7.33. The summed E-state index contributed by atoms with van der Waals surface area (Å²) in [7, 11) is 2.00. The number of imide groups is 1. The van der Waals surface area contributed by atoms with Gasteiger partial charge in [0.25, 0.3) is 5.91 Å². The number of aryl methyl sites for hydroxylation is 1. The van der Waals surface area contributed by atoms with E-state index < -0.39 is 5.54 Å². The maximum atomic E-state index is 13.3. The molecular weight excluding hydrogens is 300 g/mol. The van der Waals surface area contributed by atoms with Crippen LogP contribution in [-0.4, -0.2) is 26.8 Å². The highest BCUT2D eigenvalue weighted by atomic mass is 16.2. The number of para-hydroxylation sites is 1. The summed E-state index contributed by atoms with van der Waals surface area (Å²) < 4.78 is 2.10. The molecule has 0 atom stereocenters. The molecule has 1 aromatic heterocycles. The Labute approximate surface area is 144 Å². The van der Waals surface area contributed by atoms with Gasteiger partial charge in [0.1, 0.15) is 0 Å². The first kappa shape index (κ1) is 18.2. The molecule has 0 N–H and O–H groups in total. The van der Waals surface area contributed by atoms with Gasteiger partial charge in [-0.25, -0.2) is 0 Å². The molecular formula is C20H28N2O2. The number of unbranched alkanes of at least 4 members (excludes halogenated alkanes) is 1. The van der Waals surface area contributed by atoms with Crippen molar-refractivity contribution in [3.05, 3.63) is 35.5 Å². The zero-order valence-electron chi connectivity index (χ0n) is 15.6. The zero-order valence-corrected chi connectivity index (χ0v) is 15.6. The minimum atomic E-state index is -0.554. The minimum Gasteiger partial charge on any atom is -0.347 e. The Balaban J connectivity index is 2.69. The highest BCUT2D eigenvalue weighted by Gasteiger charge is 2.34. The fourth-order valence-electron chi connectivity index (χ4n) is 3.35. The highest BCUT2D eigenvalue weighted by Crippen LogP contribution is 2.30. The van der Waals surface area contributed by atoms with Crippen molar-refractivity contribution in [2.24, 2.45) is 7.05 Å². The monoisotopic (exact) mass is 328 g/mol. The van der Waals surface area contributed by atoms with Crippen molar-refractivity contribution < 1.29 is 9.59 Å². The third-order valence-electron chi connectivity index (χ3n) is 4.40. The van der Waals surface area contributed by atoms with Crippen LogP contribution in [0.3, 0.4) is 0 Å². The molecule has 0 saturated carbocycles. The summed E-state index contributed by atoms with van der Waals surface area (Å²) in [6, 6.07) is 7.92. The molecule has 0 radical (unpaired) electrons. The van der Waals surface area contributed by atoms with Gasteiger partial charge in [-0.05, 0) is 39.7 Å². The van der Waals surface area contributed by atoms with Gasteiger partial charge in [-0.15, -0.1) is 0 Å². The van der Waals surface area contributed by atoms with E-state index in [4.69, 9.17) is 0 Å². The van der Waals surface area contributed by atoms with E-state index in [0.29, 0.717) is 5.56 Å². The quantitative estimate of drug-likeness (QED) is 0.839. The van der Waals surface area contributed by atoms with Crippen LogP contribution in [0.15, 0.2) is 24.3 Å². The number of aromatic nitrogens is 1. The molecule has 4 heteroatoms. The number of amides is 2. The number of nitrogens with zero attached hydrogens (tertiary/aromatic N) is 2. The first-order valence-corrected chi connectivity index (χ1v) is 8.61. The third-order valence-corrected chi connectivity index (χ3v) is 4.40. The average Bonchev–Trinajstić information content (AvgIpc) is 2.76. The highest BCUT2D eigenvalue weighted by molar-refractivity contribution is 6.13. The molecule has 4 nitrogen and oxygen atoms in total. The molecule has 130 valence electrons. The molecule has 0 aliphatic carbocycles. The standard InChI is InChI=1S/C20H28N2O2/c1-7-8-12-17-18(15-11-9-10-13-16(15)21(17)6)19(24)22(14(2)23)20(3,4)5/h9-11,13H,7-8,12H2,1-6H3. The molecule has 2 amide bonds. The van der Waals surface area contributed by atoms with Crippen LogP contribution in [0.1, 0.15) is 63.5 Å². The molecule has 24 heavy (non-hydrogen) atoms. The molecule has 2 aromatic rings. The van der Waals surface area contributed by atoms with E-state index in [-0.39, 0.29) is 11.8 Å². The number of benzene rings is 1. The first-order valence-electron chi connectivity index (χ1n) is 8.61. The number of hydrogen-bond donors (Lipinski definition) is 0. The predicted octanol–water partition coefficient (Wildman–Crippen LogP) is 4.31. The van der Waals surface area contributed by atoms with Gasteiger partial charge in [0, 0.05) is 36.1 Å². The van der Waals surface area contributed by atoms with Crippen molar-refractivity contribution in [3.8, 4) is 0 Å². The number of carbonyl (C=O) groups excluding carboxylic acids is 2. The first-order chi connectivity index (χ1) is 11.2. The molecule has 0 aliphatic rings. The lowest BCUT2D eigenvalue weighted by molar-refractivity contribution is -0.129. The van der Waals surface area contributed by atoms with Gasteiger partial charge in [0.2, 0.25) is 5.91 Å². The second kappa shape index (κ2) is 6.80. The van der Waals surface area contributed by atoms with Crippen molar-refractivity contribution in [2.45, 2.75) is 59.4 Å². The zero-order chi connectivity index (χ0) is 18.1. The summed E-state index contributed by atoms with van der Waals surface area (Å²) in [5, 5.41) is 0.923. The Morgan fingerprint density at radius 3 is 2.33 bits per heavy atom. The molecule has 0 fully saturated rings. The summed E-state index contributed by atoms with van der Waals surface area (Å²) >= 11 is 0. The average molecular weight is 328 g/mol. The largest absolute Gasteiger partial charge is 0.347 e. The lowest BCUT2D eigenvalue weighted by Gasteiger charge is -2.33. The van der Waals surface area contributed by atoms with Crippen LogP contribution in [0.25, 0.3) is 10.9 Å². The molecule has 1 heterocycles. The van der Waals surface area contributed by atoms with Gasteiger partial charge < -0.3 is 4.57 Å². The van der Waals surface area contributed by atoms with Crippen LogP contribution in [0.2, 0.25) is 0 Å². The van der Waals surface area contributed by atoms with Gasteiger partial charge in [-0.2, -0.15) is 0 Å². The number of rotatable bonds is 4. The summed E-state index contributed by atoms with van der Waals surface area (Å²) in [6.45, 7) is 9.27. The lowest BCUT2D eigenvalue weighted by Crippen LogP contribution is -2.48. The topological polar surface area (TPSA) is 42.3 Å². The molecule has 0 unspecified atom stereocenters. The number of hydrogen-bond acceptors (Lipinski definition) is 2. The second-order valence-electron chi connectivity index (χ2n) is 7.33. The fraction of sp³-hybridized carbons (Fsp3) is 0.500. The van der Waals surface area contributed by atoms with Gasteiger partial charge in [0.05, 0.1) is 5.56 Å². The Bertz CT molecular complexity index is 766. The van der Waals surface area contributed by atoms with Crippen LogP contribution >= 0.6 is 0 Å². The van der Waals surface area contributed by atoms with Crippen LogP contribution in [0.4, 0.5) is 0 Å². The molecule has 0 aliphatic heterocycles. The maximum Gasteiger partial charge on any atom is 0.263 e. The Kier molecular flexibility index (Phi) is 5.16. The normalized spacial score (nSPS) is 11.8. The Hall–Kier alpha value is -2.10. The number of fused-ring (bicyclic) bond motifs is 1. The molecule has 1 aromatic carbocycles. The Morgan fingerprint density at radius 2 is 1.79 bits per heavy atom. The van der Waals surface area contributed by atoms with Gasteiger partial charge in [-0.3, -0.25) is 14.5 Å². The van der Waals surface area contributed by atoms with E-state index in [1.807, 2.05) is 52.1 Å². The van der Waals surface area contributed by atoms with Gasteiger partial charge in [0.15, 0.2) is 0 Å². The van der Waals surface area contributed by atoms with Crippen molar-refractivity contribution in [3.63, 3.8) is 0 Å². The molecule has 0 spiro atoms. The number of carbonyl (C=O) groups is 2. The summed E-state index contributed by atoms with van der Waals surface area (Å²) in [5.41, 5.74) is 2.16. The summed E-state index contributed by atoms with van der Waals surface area (Å²) in [4.78, 5) is 26.9. The van der Waals surface area contributed by atoms with Crippen LogP contribution in [-0.2, 0) is 18.3 Å². The van der Waals surface area contributed by atoms with Crippen LogP contribution < -0.4 is 0 Å². The van der Waals surface area contributed by atoms with Gasteiger partial charge >= 0.3 is 0 Å². The van der Waals surface area contributed by atoms with E-state index in [1.54, 1.807) is 0 Å². The van der Waals surface area contributed by atoms with E-state index in [9.17, 15) is 9.59 Å². The lowest BCUT2D eigenvalue weighted by atomic mass is 10.0. The third kappa shape index (κ3) is 3.23. The fourth-order valence-corrected chi connectivity index (χ4v) is 3.35. The van der Waals surface area contributed by atoms with Gasteiger partial charge in [-0.1, -0.05) is 31.5 Å². The molecule has 0 bridgehead atoms. The van der Waals surface area contributed by atoms with Crippen molar-refractivity contribution in [2.75, 3.05) is 0 Å². The van der Waals surface area contributed by atoms with E-state index >= 15 is 0 Å². The SMILES string of the molecule is CCCCc1c(C(=O)N(C(C)=O)C(C)(C)C)c2ccccc2n1C. The predicted molar refractivity (Wildman–Crippen MR) is 98.1 cm³/mol. The van der Waals surface area contributed by atoms with Crippen LogP contribution in [0, 0.1) is 0 Å². The Morgan fingerprint density at radius 1 is 1.17 bits per heavy atom. The minimum absolute atomic E-state index is 0.196. The maximum absolute atomic E-state index is 13.3. The van der Waals surface area contributed by atoms with E-state index in [2.05, 4.69) is 11.5 Å². The summed E-state index contributed by atoms with van der Waals surface area (Å²) in [5.74, 6) is -0.417. The van der Waals surface area contributed by atoms with Crippen molar-refractivity contribution in [1.29, 1.82) is 0 Å². The summed E-state index contributed by atoms with van der Waals surface area (Å²) in [6.07, 6.45) is 2.91. The van der Waals surface area contributed by atoms with Crippen molar-refractivity contribution >= 4 is 22.7 Å². The van der Waals surface area contributed by atoms with E-state index in [1.165, 1.54) is 11.8 Å². The van der Waals surface area contributed by atoms with Crippen molar-refractivity contribution in [1.82, 2.24) is 9.47 Å². The molecule has 2 rings (SSSR count).